The SMILES string of the molecule is CC(O)C1CCN(C(C)CCN)CC1. The molecule has 0 aliphatic carbocycles. The van der Waals surface area contributed by atoms with Crippen LogP contribution < -0.4 is 5.73 Å². The van der Waals surface area contributed by atoms with E-state index in [1.807, 2.05) is 6.92 Å². The van der Waals surface area contributed by atoms with E-state index in [0.29, 0.717) is 12.0 Å². The molecule has 1 rings (SSSR count). The van der Waals surface area contributed by atoms with Crippen molar-refractivity contribution in [2.75, 3.05) is 19.6 Å². The van der Waals surface area contributed by atoms with Gasteiger partial charge in [0.15, 0.2) is 0 Å². The summed E-state index contributed by atoms with van der Waals surface area (Å²) in [7, 11) is 0. The van der Waals surface area contributed by atoms with Gasteiger partial charge in [-0.3, -0.25) is 0 Å². The Morgan fingerprint density at radius 3 is 2.36 bits per heavy atom. The van der Waals surface area contributed by atoms with Crippen LogP contribution in [0.1, 0.15) is 33.1 Å². The fourth-order valence-corrected chi connectivity index (χ4v) is 2.27. The largest absolute Gasteiger partial charge is 0.393 e. The van der Waals surface area contributed by atoms with Crippen LogP contribution in [0.25, 0.3) is 0 Å². The van der Waals surface area contributed by atoms with Gasteiger partial charge in [0.05, 0.1) is 6.10 Å². The predicted molar refractivity (Wildman–Crippen MR) is 59.1 cm³/mol. The summed E-state index contributed by atoms with van der Waals surface area (Å²) in [6, 6.07) is 0.606. The third kappa shape index (κ3) is 3.23. The highest BCUT2D eigenvalue weighted by molar-refractivity contribution is 4.78. The topological polar surface area (TPSA) is 49.5 Å². The van der Waals surface area contributed by atoms with Gasteiger partial charge in [-0.25, -0.2) is 0 Å². The summed E-state index contributed by atoms with van der Waals surface area (Å²) in [6.07, 6.45) is 3.21. The lowest BCUT2D eigenvalue weighted by Gasteiger charge is -2.36. The molecule has 3 heteroatoms. The maximum absolute atomic E-state index is 9.47. The molecule has 3 N–H and O–H groups in total. The first-order valence-electron chi connectivity index (χ1n) is 5.77. The second-order valence-electron chi connectivity index (χ2n) is 4.54. The number of aliphatic hydroxyl groups excluding tert-OH is 1. The summed E-state index contributed by atoms with van der Waals surface area (Å²) in [5.41, 5.74) is 5.54. The molecule has 0 amide bonds. The van der Waals surface area contributed by atoms with Gasteiger partial charge in [-0.15, -0.1) is 0 Å². The average molecular weight is 200 g/mol. The maximum atomic E-state index is 9.47. The first-order chi connectivity index (χ1) is 6.65. The zero-order valence-corrected chi connectivity index (χ0v) is 9.45. The van der Waals surface area contributed by atoms with Gasteiger partial charge < -0.3 is 15.7 Å². The maximum Gasteiger partial charge on any atom is 0.0541 e. The van der Waals surface area contributed by atoms with E-state index in [1.165, 1.54) is 0 Å². The molecule has 3 nitrogen and oxygen atoms in total. The quantitative estimate of drug-likeness (QED) is 0.706. The lowest BCUT2D eigenvalue weighted by Crippen LogP contribution is -2.42. The molecule has 1 fully saturated rings. The molecule has 1 aliphatic rings. The van der Waals surface area contributed by atoms with Crippen LogP contribution in [0.4, 0.5) is 0 Å². The number of nitrogens with two attached hydrogens (primary N) is 1. The second kappa shape index (κ2) is 5.69. The molecule has 1 aliphatic heterocycles. The summed E-state index contributed by atoms with van der Waals surface area (Å²) < 4.78 is 0. The van der Waals surface area contributed by atoms with Crippen molar-refractivity contribution in [1.82, 2.24) is 4.90 Å². The summed E-state index contributed by atoms with van der Waals surface area (Å²) in [6.45, 7) is 7.17. The molecule has 2 unspecified atom stereocenters. The van der Waals surface area contributed by atoms with Gasteiger partial charge in [-0.05, 0) is 58.7 Å². The van der Waals surface area contributed by atoms with E-state index in [-0.39, 0.29) is 6.10 Å². The van der Waals surface area contributed by atoms with E-state index in [9.17, 15) is 5.11 Å². The Morgan fingerprint density at radius 1 is 1.36 bits per heavy atom. The van der Waals surface area contributed by atoms with Crippen LogP contribution in [0.15, 0.2) is 0 Å². The third-order valence-electron chi connectivity index (χ3n) is 3.46. The smallest absolute Gasteiger partial charge is 0.0541 e. The van der Waals surface area contributed by atoms with Crippen molar-refractivity contribution >= 4 is 0 Å². The zero-order chi connectivity index (χ0) is 10.6. The Labute approximate surface area is 87.3 Å². The van der Waals surface area contributed by atoms with Crippen molar-refractivity contribution in [2.24, 2.45) is 11.7 Å². The van der Waals surface area contributed by atoms with Crippen LogP contribution in [0.5, 0.6) is 0 Å². The Hall–Kier alpha value is -0.120. The zero-order valence-electron chi connectivity index (χ0n) is 9.45. The van der Waals surface area contributed by atoms with Crippen LogP contribution in [0.3, 0.4) is 0 Å². The Balaban J connectivity index is 2.28. The van der Waals surface area contributed by atoms with E-state index >= 15 is 0 Å². The lowest BCUT2D eigenvalue weighted by atomic mass is 9.91. The first kappa shape index (κ1) is 12.0. The van der Waals surface area contributed by atoms with Gasteiger partial charge in [-0.2, -0.15) is 0 Å². The van der Waals surface area contributed by atoms with Crippen molar-refractivity contribution in [3.05, 3.63) is 0 Å². The standard InChI is InChI=1S/C11H24N2O/c1-9(3-6-12)13-7-4-11(5-8-13)10(2)14/h9-11,14H,3-8,12H2,1-2H3. The number of hydrogen-bond acceptors (Lipinski definition) is 3. The van der Waals surface area contributed by atoms with Gasteiger partial charge in [-0.1, -0.05) is 0 Å². The van der Waals surface area contributed by atoms with Crippen LogP contribution in [-0.4, -0.2) is 41.8 Å². The normalized spacial score (nSPS) is 24.9. The minimum atomic E-state index is -0.137. The van der Waals surface area contributed by atoms with Crippen molar-refractivity contribution in [3.8, 4) is 0 Å². The molecule has 0 radical (unpaired) electrons. The second-order valence-corrected chi connectivity index (χ2v) is 4.54. The van der Waals surface area contributed by atoms with E-state index < -0.39 is 0 Å². The number of piperidine rings is 1. The minimum absolute atomic E-state index is 0.137. The molecule has 1 saturated heterocycles. The third-order valence-corrected chi connectivity index (χ3v) is 3.46. The first-order valence-corrected chi connectivity index (χ1v) is 5.77. The molecule has 1 heterocycles. The molecular formula is C11H24N2O. The number of nitrogens with zero attached hydrogens (tertiary/aromatic N) is 1. The van der Waals surface area contributed by atoms with Crippen molar-refractivity contribution in [3.63, 3.8) is 0 Å². The molecule has 0 aromatic rings. The van der Waals surface area contributed by atoms with Crippen LogP contribution in [-0.2, 0) is 0 Å². The van der Waals surface area contributed by atoms with E-state index in [1.54, 1.807) is 0 Å². The Bertz CT molecular complexity index is 153. The molecule has 0 aromatic carbocycles. The number of rotatable bonds is 4. The summed E-state index contributed by atoms with van der Waals surface area (Å²) in [4.78, 5) is 2.49. The van der Waals surface area contributed by atoms with Crippen molar-refractivity contribution in [2.45, 2.75) is 45.3 Å². The molecule has 0 saturated carbocycles. The van der Waals surface area contributed by atoms with Crippen LogP contribution in [0.2, 0.25) is 0 Å². The minimum Gasteiger partial charge on any atom is -0.393 e. The highest BCUT2D eigenvalue weighted by atomic mass is 16.3. The summed E-state index contributed by atoms with van der Waals surface area (Å²) in [5.74, 6) is 0.510. The van der Waals surface area contributed by atoms with Crippen LogP contribution in [0, 0.1) is 5.92 Å². The van der Waals surface area contributed by atoms with Gasteiger partial charge in [0, 0.05) is 6.04 Å². The van der Waals surface area contributed by atoms with Crippen LogP contribution >= 0.6 is 0 Å². The van der Waals surface area contributed by atoms with Gasteiger partial charge in [0.25, 0.3) is 0 Å². The highest BCUT2D eigenvalue weighted by Crippen LogP contribution is 2.22. The lowest BCUT2D eigenvalue weighted by molar-refractivity contribution is 0.0577. The highest BCUT2D eigenvalue weighted by Gasteiger charge is 2.24. The molecular weight excluding hydrogens is 176 g/mol. The molecule has 2 atom stereocenters. The monoisotopic (exact) mass is 200 g/mol. The fraction of sp³-hybridized carbons (Fsp3) is 1.00. The molecule has 0 bridgehead atoms. The Morgan fingerprint density at radius 2 is 1.93 bits per heavy atom. The number of hydrogen-bond donors (Lipinski definition) is 2. The predicted octanol–water partition coefficient (Wildman–Crippen LogP) is 0.816. The Kier molecular flexibility index (Phi) is 4.85. The average Bonchev–Trinajstić information content (AvgIpc) is 2.18. The van der Waals surface area contributed by atoms with Gasteiger partial charge in [0.2, 0.25) is 0 Å². The van der Waals surface area contributed by atoms with E-state index in [2.05, 4.69) is 11.8 Å². The molecule has 14 heavy (non-hydrogen) atoms. The summed E-state index contributed by atoms with van der Waals surface area (Å²) >= 11 is 0. The van der Waals surface area contributed by atoms with E-state index in [0.717, 1.165) is 38.9 Å². The summed E-state index contributed by atoms with van der Waals surface area (Å²) in [5, 5.41) is 9.47. The molecule has 84 valence electrons. The van der Waals surface area contributed by atoms with Crippen molar-refractivity contribution < 1.29 is 5.11 Å². The fourth-order valence-electron chi connectivity index (χ4n) is 2.27. The van der Waals surface area contributed by atoms with Gasteiger partial charge >= 0.3 is 0 Å². The molecule has 0 aromatic heterocycles. The van der Waals surface area contributed by atoms with E-state index in [4.69, 9.17) is 5.73 Å². The number of likely N-dealkylation sites (tertiary alicyclic amines) is 1. The number of aliphatic hydroxyl groups is 1. The van der Waals surface area contributed by atoms with Gasteiger partial charge in [0.1, 0.15) is 0 Å². The molecule has 0 spiro atoms. The van der Waals surface area contributed by atoms with Crippen molar-refractivity contribution in [1.29, 1.82) is 0 Å².